The highest BCUT2D eigenvalue weighted by atomic mass is 35.5. The summed E-state index contributed by atoms with van der Waals surface area (Å²) in [4.78, 5) is 8.17. The maximum Gasteiger partial charge on any atom is 0.296 e. The molecular weight excluding hydrogens is 238 g/mol. The summed E-state index contributed by atoms with van der Waals surface area (Å²) in [5.41, 5.74) is 2.31. The van der Waals surface area contributed by atoms with Crippen LogP contribution in [0.3, 0.4) is 0 Å². The van der Waals surface area contributed by atoms with E-state index in [-0.39, 0.29) is 6.01 Å². The Hall–Kier alpha value is -1.29. The molecule has 0 amide bonds. The van der Waals surface area contributed by atoms with Crippen LogP contribution < -0.4 is 0 Å². The van der Waals surface area contributed by atoms with E-state index in [0.29, 0.717) is 10.7 Å². The Morgan fingerprint density at radius 2 is 2.18 bits per heavy atom. The Kier molecular flexibility index (Phi) is 3.52. The number of hydrogen-bond donors (Lipinski definition) is 1. The molecule has 0 spiro atoms. The third kappa shape index (κ3) is 2.22. The molecule has 0 fully saturated rings. The maximum atomic E-state index is 9.82. The molecule has 0 aliphatic carbocycles. The second kappa shape index (κ2) is 4.92. The van der Waals surface area contributed by atoms with Gasteiger partial charge in [-0.1, -0.05) is 31.4 Å². The van der Waals surface area contributed by atoms with Crippen LogP contribution in [-0.2, 0) is 6.54 Å². The van der Waals surface area contributed by atoms with E-state index in [1.165, 1.54) is 0 Å². The van der Waals surface area contributed by atoms with Crippen LogP contribution >= 0.6 is 11.6 Å². The smallest absolute Gasteiger partial charge is 0.296 e. The summed E-state index contributed by atoms with van der Waals surface area (Å²) in [5, 5.41) is 10.4. The van der Waals surface area contributed by atoms with Gasteiger partial charge in [-0.05, 0) is 18.9 Å². The van der Waals surface area contributed by atoms with Crippen LogP contribution in [0, 0.1) is 6.92 Å². The van der Waals surface area contributed by atoms with Gasteiger partial charge in [0.15, 0.2) is 5.65 Å². The van der Waals surface area contributed by atoms with Gasteiger partial charge in [-0.3, -0.25) is 4.57 Å². The molecule has 0 saturated carbocycles. The van der Waals surface area contributed by atoms with E-state index in [0.717, 1.165) is 36.9 Å². The fourth-order valence-electron chi connectivity index (χ4n) is 1.95. The van der Waals surface area contributed by atoms with Crippen molar-refractivity contribution in [3.63, 3.8) is 0 Å². The third-order valence-corrected chi connectivity index (χ3v) is 3.31. The molecule has 2 rings (SSSR count). The van der Waals surface area contributed by atoms with Crippen molar-refractivity contribution in [3.05, 3.63) is 16.8 Å². The van der Waals surface area contributed by atoms with Crippen molar-refractivity contribution in [1.82, 2.24) is 14.5 Å². The number of fused-ring (bicyclic) bond motifs is 1. The number of aromatic hydroxyl groups is 1. The minimum Gasteiger partial charge on any atom is -0.480 e. The molecule has 2 aromatic rings. The molecule has 0 aliphatic rings. The second-order valence-electron chi connectivity index (χ2n) is 4.17. The van der Waals surface area contributed by atoms with Crippen LogP contribution in [0.2, 0.25) is 5.02 Å². The number of aromatic nitrogens is 3. The normalized spacial score (nSPS) is 11.2. The van der Waals surface area contributed by atoms with Gasteiger partial charge in [-0.15, -0.1) is 0 Å². The van der Waals surface area contributed by atoms with Crippen molar-refractivity contribution in [2.45, 2.75) is 39.7 Å². The molecular formula is C12H16ClN3O. The fourth-order valence-corrected chi connectivity index (χ4v) is 2.09. The molecule has 0 aromatic carbocycles. The van der Waals surface area contributed by atoms with E-state index in [4.69, 9.17) is 11.6 Å². The summed E-state index contributed by atoms with van der Waals surface area (Å²) in [6.45, 7) is 4.82. The topological polar surface area (TPSA) is 50.9 Å². The SMILES string of the molecule is CCCCCn1c(O)nc2ncc(Cl)c(C)c21. The summed E-state index contributed by atoms with van der Waals surface area (Å²) in [5.74, 6) is 0. The molecule has 0 saturated heterocycles. The van der Waals surface area contributed by atoms with E-state index in [1.54, 1.807) is 10.8 Å². The standard InChI is InChI=1S/C12H16ClN3O/c1-3-4-5-6-16-10-8(2)9(13)7-14-11(10)15-12(16)17/h7H,3-6H2,1-2H3,(H,14,15,17). The van der Waals surface area contributed by atoms with Crippen LogP contribution in [0.15, 0.2) is 6.20 Å². The second-order valence-corrected chi connectivity index (χ2v) is 4.58. The number of imidazole rings is 1. The van der Waals surface area contributed by atoms with Gasteiger partial charge in [0, 0.05) is 12.7 Å². The molecule has 4 nitrogen and oxygen atoms in total. The van der Waals surface area contributed by atoms with Crippen LogP contribution in [-0.4, -0.2) is 19.6 Å². The molecule has 2 heterocycles. The van der Waals surface area contributed by atoms with Gasteiger partial charge < -0.3 is 5.11 Å². The van der Waals surface area contributed by atoms with E-state index in [2.05, 4.69) is 16.9 Å². The van der Waals surface area contributed by atoms with Gasteiger partial charge in [0.2, 0.25) is 0 Å². The number of halogens is 1. The van der Waals surface area contributed by atoms with Gasteiger partial charge in [-0.25, -0.2) is 4.98 Å². The highest BCUT2D eigenvalue weighted by Crippen LogP contribution is 2.27. The van der Waals surface area contributed by atoms with Crippen molar-refractivity contribution >= 4 is 22.8 Å². The Bertz CT molecular complexity index is 536. The molecule has 92 valence electrons. The van der Waals surface area contributed by atoms with Gasteiger partial charge in [0.1, 0.15) is 0 Å². The lowest BCUT2D eigenvalue weighted by Crippen LogP contribution is -1.99. The van der Waals surface area contributed by atoms with Gasteiger partial charge in [-0.2, -0.15) is 4.98 Å². The van der Waals surface area contributed by atoms with Gasteiger partial charge in [0.25, 0.3) is 6.01 Å². The predicted octanol–water partition coefficient (Wildman–Crippen LogP) is 3.29. The van der Waals surface area contributed by atoms with E-state index in [9.17, 15) is 5.11 Å². The highest BCUT2D eigenvalue weighted by Gasteiger charge is 2.14. The molecule has 1 N–H and O–H groups in total. The number of aryl methyl sites for hydroxylation is 2. The quantitative estimate of drug-likeness (QED) is 0.851. The lowest BCUT2D eigenvalue weighted by atomic mass is 10.2. The minimum absolute atomic E-state index is 0.0222. The van der Waals surface area contributed by atoms with Crippen molar-refractivity contribution in [3.8, 4) is 6.01 Å². The molecule has 0 atom stereocenters. The first-order chi connectivity index (χ1) is 8.15. The zero-order chi connectivity index (χ0) is 12.4. The largest absolute Gasteiger partial charge is 0.480 e. The minimum atomic E-state index is 0.0222. The monoisotopic (exact) mass is 253 g/mol. The Balaban J connectivity index is 2.46. The van der Waals surface area contributed by atoms with Crippen molar-refractivity contribution in [2.24, 2.45) is 0 Å². The Morgan fingerprint density at radius 1 is 1.41 bits per heavy atom. The van der Waals surface area contributed by atoms with E-state index in [1.807, 2.05) is 6.92 Å². The summed E-state index contributed by atoms with van der Waals surface area (Å²) in [6.07, 6.45) is 4.86. The van der Waals surface area contributed by atoms with E-state index >= 15 is 0 Å². The third-order valence-electron chi connectivity index (χ3n) is 2.93. The zero-order valence-corrected chi connectivity index (χ0v) is 10.8. The van der Waals surface area contributed by atoms with Gasteiger partial charge >= 0.3 is 0 Å². The first-order valence-electron chi connectivity index (χ1n) is 5.85. The predicted molar refractivity (Wildman–Crippen MR) is 68.5 cm³/mol. The molecule has 0 bridgehead atoms. The van der Waals surface area contributed by atoms with Crippen molar-refractivity contribution in [2.75, 3.05) is 0 Å². The number of nitrogens with zero attached hydrogens (tertiary/aromatic N) is 3. The Labute approximate surface area is 105 Å². The molecule has 5 heteroatoms. The first kappa shape index (κ1) is 12.2. The summed E-state index contributed by atoms with van der Waals surface area (Å²) in [7, 11) is 0. The average Bonchev–Trinajstić information content (AvgIpc) is 2.62. The summed E-state index contributed by atoms with van der Waals surface area (Å²) in [6, 6.07) is 0.0222. The van der Waals surface area contributed by atoms with Crippen LogP contribution in [0.4, 0.5) is 0 Å². The lowest BCUT2D eigenvalue weighted by molar-refractivity contribution is 0.397. The van der Waals surface area contributed by atoms with Crippen LogP contribution in [0.1, 0.15) is 31.7 Å². The summed E-state index contributed by atoms with van der Waals surface area (Å²) >= 11 is 6.04. The lowest BCUT2D eigenvalue weighted by Gasteiger charge is -2.07. The van der Waals surface area contributed by atoms with E-state index < -0.39 is 0 Å². The molecule has 0 aliphatic heterocycles. The number of pyridine rings is 1. The fraction of sp³-hybridized carbons (Fsp3) is 0.500. The molecule has 0 unspecified atom stereocenters. The van der Waals surface area contributed by atoms with Gasteiger partial charge in [0.05, 0.1) is 10.5 Å². The Morgan fingerprint density at radius 3 is 2.88 bits per heavy atom. The average molecular weight is 254 g/mol. The number of unbranched alkanes of at least 4 members (excludes halogenated alkanes) is 2. The van der Waals surface area contributed by atoms with Crippen LogP contribution in [0.5, 0.6) is 6.01 Å². The van der Waals surface area contributed by atoms with Crippen molar-refractivity contribution in [1.29, 1.82) is 0 Å². The first-order valence-corrected chi connectivity index (χ1v) is 6.23. The molecule has 2 aromatic heterocycles. The maximum absolute atomic E-state index is 9.82. The van der Waals surface area contributed by atoms with Crippen molar-refractivity contribution < 1.29 is 5.11 Å². The summed E-state index contributed by atoms with van der Waals surface area (Å²) < 4.78 is 1.79. The number of hydrogen-bond acceptors (Lipinski definition) is 3. The van der Waals surface area contributed by atoms with Crippen LogP contribution in [0.25, 0.3) is 11.2 Å². The number of rotatable bonds is 4. The molecule has 17 heavy (non-hydrogen) atoms. The molecule has 0 radical (unpaired) electrons. The highest BCUT2D eigenvalue weighted by molar-refractivity contribution is 6.31. The zero-order valence-electron chi connectivity index (χ0n) is 10.1.